The van der Waals surface area contributed by atoms with Crippen molar-refractivity contribution in [2.45, 2.75) is 27.2 Å². The second-order valence-electron chi connectivity index (χ2n) is 1.90. The van der Waals surface area contributed by atoms with E-state index in [9.17, 15) is 4.79 Å². The molecule has 0 aliphatic carbocycles. The molecule has 0 radical (unpaired) electrons. The third kappa shape index (κ3) is 3.01. The molecule has 0 spiro atoms. The minimum Gasteiger partial charge on any atom is -0.220 e. The van der Waals surface area contributed by atoms with Crippen molar-refractivity contribution < 1.29 is 9.37 Å². The Hall–Kier alpha value is -0.660. The van der Waals surface area contributed by atoms with Crippen molar-refractivity contribution in [1.82, 2.24) is 0 Å². The molecule has 0 saturated heterocycles. The highest BCUT2D eigenvalue weighted by Gasteiger charge is 2.04. The summed E-state index contributed by atoms with van der Waals surface area (Å²) >= 11 is 0. The van der Waals surface area contributed by atoms with Gasteiger partial charge in [0.15, 0.2) is 0 Å². The first-order chi connectivity index (χ1) is 4.22. The summed E-state index contributed by atoms with van der Waals surface area (Å²) in [5, 5.41) is 0. The van der Waals surface area contributed by atoms with Gasteiger partial charge in [0.05, 0.1) is 6.92 Å². The third-order valence-electron chi connectivity index (χ3n) is 1.15. The molecule has 2 heteroatoms. The molecule has 0 aromatic rings. The molecule has 0 heterocycles. The highest BCUT2D eigenvalue weighted by Crippen LogP contribution is 1.76. The Labute approximate surface area is 56.2 Å². The van der Waals surface area contributed by atoms with Crippen LogP contribution in [0.2, 0.25) is 0 Å². The molecule has 0 saturated carbocycles. The molecule has 1 amide bonds. The van der Waals surface area contributed by atoms with Crippen LogP contribution in [-0.2, 0) is 4.79 Å². The van der Waals surface area contributed by atoms with Gasteiger partial charge in [-0.25, -0.2) is 4.79 Å². The van der Waals surface area contributed by atoms with Crippen LogP contribution in [0.1, 0.15) is 27.2 Å². The topological polar surface area (TPSA) is 20.1 Å². The Balaban J connectivity index is 3.98. The van der Waals surface area contributed by atoms with Gasteiger partial charge < -0.3 is 0 Å². The number of carbonyl (C=O) groups is 1. The second kappa shape index (κ2) is 4.24. The summed E-state index contributed by atoms with van der Waals surface area (Å²) in [6.45, 7) is 6.35. The number of carbonyl (C=O) groups excluding carboxylic acids is 1. The van der Waals surface area contributed by atoms with Crippen molar-refractivity contribution in [2.75, 3.05) is 6.54 Å². The fourth-order valence-electron chi connectivity index (χ4n) is 0.701. The van der Waals surface area contributed by atoms with E-state index in [-0.39, 0.29) is 5.91 Å². The molecule has 0 atom stereocenters. The summed E-state index contributed by atoms with van der Waals surface area (Å²) < 4.78 is 1.71. The summed E-state index contributed by atoms with van der Waals surface area (Å²) in [6, 6.07) is 0. The highest BCUT2D eigenvalue weighted by molar-refractivity contribution is 5.69. The first kappa shape index (κ1) is 8.34. The van der Waals surface area contributed by atoms with E-state index in [4.69, 9.17) is 0 Å². The lowest BCUT2D eigenvalue weighted by Gasteiger charge is -1.89. The number of nitrogens with zero attached hydrogens (tertiary/aromatic N) is 1. The quantitative estimate of drug-likeness (QED) is 0.312. The van der Waals surface area contributed by atoms with Crippen molar-refractivity contribution >= 4 is 12.1 Å². The molecule has 9 heavy (non-hydrogen) atoms. The first-order valence-corrected chi connectivity index (χ1v) is 3.32. The highest BCUT2D eigenvalue weighted by atomic mass is 16.2. The molecule has 0 aliphatic heterocycles. The van der Waals surface area contributed by atoms with E-state index >= 15 is 0 Å². The molecular weight excluding hydrogens is 118 g/mol. The van der Waals surface area contributed by atoms with Crippen molar-refractivity contribution in [3.05, 3.63) is 0 Å². The summed E-state index contributed by atoms with van der Waals surface area (Å²) in [7, 11) is 0. The maximum atomic E-state index is 10.7. The van der Waals surface area contributed by atoms with Crippen LogP contribution in [0.15, 0.2) is 0 Å². The largest absolute Gasteiger partial charge is 0.383 e. The maximum Gasteiger partial charge on any atom is 0.383 e. The van der Waals surface area contributed by atoms with E-state index in [0.29, 0.717) is 0 Å². The number of hydrogen-bond acceptors (Lipinski definition) is 1. The van der Waals surface area contributed by atoms with Crippen molar-refractivity contribution in [3.8, 4) is 0 Å². The molecule has 0 aromatic heterocycles. The zero-order valence-corrected chi connectivity index (χ0v) is 6.35. The molecule has 2 nitrogen and oxygen atoms in total. The number of rotatable bonds is 2. The maximum absolute atomic E-state index is 10.7. The van der Waals surface area contributed by atoms with E-state index in [0.717, 1.165) is 13.0 Å². The Morgan fingerprint density at radius 1 is 1.56 bits per heavy atom. The lowest BCUT2D eigenvalue weighted by atomic mass is 10.7. The average Bonchev–Trinajstić information content (AvgIpc) is 1.82. The number of hydrogen-bond donors (Lipinski definition) is 0. The van der Waals surface area contributed by atoms with Crippen molar-refractivity contribution in [3.63, 3.8) is 0 Å². The normalized spacial score (nSPS) is 11.7. The average molecular weight is 132 g/mol. The monoisotopic (exact) mass is 132 g/mol. The smallest absolute Gasteiger partial charge is 0.220 e. The van der Waals surface area contributed by atoms with Gasteiger partial charge in [0.2, 0.25) is 0 Å². The molecule has 0 rings (SSSR count). The summed E-state index contributed by atoms with van der Waals surface area (Å²) in [4.78, 5) is 10.7. The molecule has 0 unspecified atom stereocenters. The standard InChI is InChI=1S/C7H14NO/c1-4-6-8(5-2)7(3)9/h6H,4-5H2,1-3H3/q+1/b8-6+/i1+1,2+1,4+1,5+1. The fraction of sp³-hybridized carbons (Fsp3) is 0.714. The number of amides is 1. The molecule has 0 aromatic carbocycles. The fourth-order valence-corrected chi connectivity index (χ4v) is 0.701. The molecule has 0 aliphatic rings. The van der Waals surface area contributed by atoms with Crippen LogP contribution in [-0.4, -0.2) is 23.2 Å². The Morgan fingerprint density at radius 3 is 2.22 bits per heavy atom. The zero-order chi connectivity index (χ0) is 7.28. The Morgan fingerprint density at radius 2 is 2.11 bits per heavy atom. The SMILES string of the molecule is CC(=O)/[N+](=C/[13CH2][13CH3])[13CH2][13CH3]. The van der Waals surface area contributed by atoms with Crippen LogP contribution in [0.3, 0.4) is 0 Å². The van der Waals surface area contributed by atoms with Crippen LogP contribution < -0.4 is 0 Å². The predicted molar refractivity (Wildman–Crippen MR) is 37.8 cm³/mol. The zero-order valence-electron chi connectivity index (χ0n) is 6.35. The summed E-state index contributed by atoms with van der Waals surface area (Å²) in [6.07, 6.45) is 2.83. The van der Waals surface area contributed by atoms with Crippen LogP contribution in [0.4, 0.5) is 0 Å². The molecule has 0 fully saturated rings. The van der Waals surface area contributed by atoms with E-state index in [2.05, 4.69) is 0 Å². The molecule has 0 bridgehead atoms. The van der Waals surface area contributed by atoms with Crippen molar-refractivity contribution in [2.24, 2.45) is 0 Å². The van der Waals surface area contributed by atoms with Gasteiger partial charge in [0, 0.05) is 6.42 Å². The minimum absolute atomic E-state index is 0.124. The van der Waals surface area contributed by atoms with Crippen LogP contribution in [0.25, 0.3) is 0 Å². The van der Waals surface area contributed by atoms with Crippen molar-refractivity contribution in [1.29, 1.82) is 0 Å². The van der Waals surface area contributed by atoms with E-state index in [1.165, 1.54) is 0 Å². The van der Waals surface area contributed by atoms with Gasteiger partial charge in [-0.05, 0) is 6.92 Å². The van der Waals surface area contributed by atoms with Crippen LogP contribution in [0.5, 0.6) is 0 Å². The van der Waals surface area contributed by atoms with Gasteiger partial charge >= 0.3 is 5.91 Å². The van der Waals surface area contributed by atoms with E-state index in [1.807, 2.05) is 20.1 Å². The summed E-state index contributed by atoms with van der Waals surface area (Å²) in [5.74, 6) is 0.124. The minimum atomic E-state index is 0.124. The molecule has 52 valence electrons. The van der Waals surface area contributed by atoms with E-state index < -0.39 is 0 Å². The van der Waals surface area contributed by atoms with Gasteiger partial charge in [0.1, 0.15) is 12.8 Å². The lowest BCUT2D eigenvalue weighted by molar-refractivity contribution is -0.440. The van der Waals surface area contributed by atoms with Gasteiger partial charge in [-0.3, -0.25) is 0 Å². The first-order valence-electron chi connectivity index (χ1n) is 3.32. The van der Waals surface area contributed by atoms with Gasteiger partial charge in [0.25, 0.3) is 0 Å². The molecule has 0 N–H and O–H groups in total. The van der Waals surface area contributed by atoms with Gasteiger partial charge in [-0.1, -0.05) is 6.92 Å². The lowest BCUT2D eigenvalue weighted by Crippen LogP contribution is -2.17. The third-order valence-corrected chi connectivity index (χ3v) is 1.15. The van der Waals surface area contributed by atoms with Gasteiger partial charge in [-0.2, -0.15) is 4.58 Å². The Kier molecular flexibility index (Phi) is 3.93. The van der Waals surface area contributed by atoms with Gasteiger partial charge in [-0.15, -0.1) is 0 Å². The van der Waals surface area contributed by atoms with Crippen LogP contribution >= 0.6 is 0 Å². The summed E-state index contributed by atoms with van der Waals surface area (Å²) in [5.41, 5.74) is 0. The predicted octanol–water partition coefficient (Wildman–Crippen LogP) is 1.05. The van der Waals surface area contributed by atoms with E-state index in [1.54, 1.807) is 11.5 Å². The molecular formula is C7H14NO+. The Bertz CT molecular complexity index is 127. The van der Waals surface area contributed by atoms with Crippen LogP contribution in [0, 0.1) is 0 Å². The second-order valence-corrected chi connectivity index (χ2v) is 1.90.